The van der Waals surface area contributed by atoms with Crippen LogP contribution in [0.25, 0.3) is 16.7 Å². The van der Waals surface area contributed by atoms with Crippen molar-refractivity contribution in [3.63, 3.8) is 0 Å². The van der Waals surface area contributed by atoms with Crippen molar-refractivity contribution in [2.24, 2.45) is 0 Å². The number of aromatic nitrogens is 5. The van der Waals surface area contributed by atoms with Crippen LogP contribution in [0.4, 0.5) is 0 Å². The molecule has 0 saturated carbocycles. The molecule has 0 aliphatic heterocycles. The Bertz CT molecular complexity index is 673. The van der Waals surface area contributed by atoms with E-state index in [1.54, 1.807) is 29.3 Å². The van der Waals surface area contributed by atoms with Crippen LogP contribution < -0.4 is 0 Å². The summed E-state index contributed by atoms with van der Waals surface area (Å²) in [6.07, 6.45) is 4.99. The topological polar surface area (TPSA) is 83.2 Å². The minimum Gasteiger partial charge on any atom is -0.283 e. The molecule has 0 amide bonds. The molecule has 0 saturated heterocycles. The third-order valence-electron chi connectivity index (χ3n) is 2.28. The van der Waals surface area contributed by atoms with Crippen LogP contribution in [-0.4, -0.2) is 25.0 Å². The van der Waals surface area contributed by atoms with Crippen molar-refractivity contribution in [3.8, 4) is 11.8 Å². The first-order valence-electron chi connectivity index (χ1n) is 4.63. The van der Waals surface area contributed by atoms with Crippen molar-refractivity contribution in [1.82, 2.24) is 25.0 Å². The molecule has 0 aliphatic carbocycles. The van der Waals surface area contributed by atoms with Gasteiger partial charge in [-0.1, -0.05) is 0 Å². The number of nitrogens with one attached hydrogen (secondary N) is 1. The Hall–Kier alpha value is -2.68. The van der Waals surface area contributed by atoms with E-state index in [9.17, 15) is 0 Å². The van der Waals surface area contributed by atoms with Gasteiger partial charge in [0.15, 0.2) is 11.3 Å². The largest absolute Gasteiger partial charge is 0.283 e. The average Bonchev–Trinajstić information content (AvgIpc) is 2.95. The number of rotatable bonds is 1. The molecule has 3 rings (SSSR count). The highest BCUT2D eigenvalue weighted by molar-refractivity contribution is 5.81. The fraction of sp³-hybridized carbons (Fsp3) is 0. The molecule has 0 bridgehead atoms. The summed E-state index contributed by atoms with van der Waals surface area (Å²) in [6, 6.07) is 5.66. The van der Waals surface area contributed by atoms with E-state index in [0.717, 1.165) is 11.1 Å². The van der Waals surface area contributed by atoms with Gasteiger partial charge >= 0.3 is 0 Å². The van der Waals surface area contributed by atoms with Crippen LogP contribution in [-0.2, 0) is 0 Å². The third kappa shape index (κ3) is 1.09. The fourth-order valence-electron chi connectivity index (χ4n) is 1.57. The molecule has 1 N–H and O–H groups in total. The first-order chi connectivity index (χ1) is 7.90. The molecule has 0 aliphatic rings. The second-order valence-corrected chi connectivity index (χ2v) is 3.20. The standard InChI is InChI=1S/C10H6N6/c11-4-9-8-2-1-3-12-10(8)16(15-9)7-5-13-14-6-7/h1-3,5-6H,(H,13,14). The van der Waals surface area contributed by atoms with Crippen molar-refractivity contribution in [3.05, 3.63) is 36.4 Å². The first-order valence-corrected chi connectivity index (χ1v) is 4.63. The minimum atomic E-state index is 0.365. The number of nitrogens with zero attached hydrogens (tertiary/aromatic N) is 5. The molecule has 3 heterocycles. The van der Waals surface area contributed by atoms with E-state index in [1.807, 2.05) is 12.1 Å². The van der Waals surface area contributed by atoms with Gasteiger partial charge in [-0.15, -0.1) is 0 Å². The lowest BCUT2D eigenvalue weighted by molar-refractivity contribution is 0.890. The molecule has 6 heteroatoms. The van der Waals surface area contributed by atoms with Gasteiger partial charge in [-0.2, -0.15) is 15.5 Å². The summed E-state index contributed by atoms with van der Waals surface area (Å²) in [5.74, 6) is 0. The van der Waals surface area contributed by atoms with Gasteiger partial charge in [0.25, 0.3) is 0 Å². The second kappa shape index (κ2) is 3.17. The van der Waals surface area contributed by atoms with Gasteiger partial charge in [-0.3, -0.25) is 5.10 Å². The van der Waals surface area contributed by atoms with Crippen LogP contribution in [0.5, 0.6) is 0 Å². The van der Waals surface area contributed by atoms with E-state index in [2.05, 4.69) is 20.3 Å². The van der Waals surface area contributed by atoms with E-state index in [0.29, 0.717) is 11.3 Å². The van der Waals surface area contributed by atoms with E-state index in [4.69, 9.17) is 5.26 Å². The zero-order chi connectivity index (χ0) is 11.0. The smallest absolute Gasteiger partial charge is 0.172 e. The van der Waals surface area contributed by atoms with Crippen LogP contribution in [0.15, 0.2) is 30.7 Å². The zero-order valence-electron chi connectivity index (χ0n) is 8.12. The van der Waals surface area contributed by atoms with Crippen molar-refractivity contribution in [2.75, 3.05) is 0 Å². The number of pyridine rings is 1. The molecule has 3 aromatic heterocycles. The number of nitriles is 1. The zero-order valence-corrected chi connectivity index (χ0v) is 8.12. The van der Waals surface area contributed by atoms with Gasteiger partial charge in [0.1, 0.15) is 11.8 Å². The Labute approximate surface area is 90.2 Å². The molecule has 0 aromatic carbocycles. The molecular formula is C10H6N6. The normalized spacial score (nSPS) is 10.4. The van der Waals surface area contributed by atoms with Crippen LogP contribution >= 0.6 is 0 Å². The van der Waals surface area contributed by atoms with Crippen molar-refractivity contribution < 1.29 is 0 Å². The van der Waals surface area contributed by atoms with E-state index < -0.39 is 0 Å². The molecule has 6 nitrogen and oxygen atoms in total. The summed E-state index contributed by atoms with van der Waals surface area (Å²) >= 11 is 0. The van der Waals surface area contributed by atoms with Gasteiger partial charge in [0.2, 0.25) is 0 Å². The Morgan fingerprint density at radius 3 is 3.12 bits per heavy atom. The van der Waals surface area contributed by atoms with Crippen LogP contribution in [0, 0.1) is 11.3 Å². The van der Waals surface area contributed by atoms with Crippen molar-refractivity contribution in [2.45, 2.75) is 0 Å². The molecule has 3 aromatic rings. The lowest BCUT2D eigenvalue weighted by Crippen LogP contribution is -1.95. The lowest BCUT2D eigenvalue weighted by Gasteiger charge is -1.95. The highest BCUT2D eigenvalue weighted by atomic mass is 15.3. The molecular weight excluding hydrogens is 204 g/mol. The number of aromatic amines is 1. The van der Waals surface area contributed by atoms with Crippen molar-refractivity contribution in [1.29, 1.82) is 5.26 Å². The number of H-pyrrole nitrogens is 1. The van der Waals surface area contributed by atoms with E-state index in [1.165, 1.54) is 0 Å². The number of hydrogen-bond acceptors (Lipinski definition) is 4. The molecule has 0 radical (unpaired) electrons. The molecule has 76 valence electrons. The van der Waals surface area contributed by atoms with Crippen LogP contribution in [0.1, 0.15) is 5.69 Å². The van der Waals surface area contributed by atoms with Gasteiger partial charge < -0.3 is 0 Å². The van der Waals surface area contributed by atoms with E-state index in [-0.39, 0.29) is 0 Å². The Kier molecular flexibility index (Phi) is 1.71. The summed E-state index contributed by atoms with van der Waals surface area (Å²) in [5.41, 5.74) is 1.77. The second-order valence-electron chi connectivity index (χ2n) is 3.20. The molecule has 0 fully saturated rings. The molecule has 0 unspecified atom stereocenters. The monoisotopic (exact) mass is 210 g/mol. The summed E-state index contributed by atoms with van der Waals surface area (Å²) in [4.78, 5) is 4.21. The Morgan fingerprint density at radius 2 is 2.38 bits per heavy atom. The van der Waals surface area contributed by atoms with Gasteiger partial charge in [0.05, 0.1) is 11.6 Å². The van der Waals surface area contributed by atoms with E-state index >= 15 is 0 Å². The fourth-order valence-corrected chi connectivity index (χ4v) is 1.57. The lowest BCUT2D eigenvalue weighted by atomic mass is 10.3. The van der Waals surface area contributed by atoms with Gasteiger partial charge in [0, 0.05) is 12.4 Å². The Balaban J connectivity index is 2.39. The molecule has 16 heavy (non-hydrogen) atoms. The molecule has 0 spiro atoms. The summed E-state index contributed by atoms with van der Waals surface area (Å²) in [5, 5.41) is 20.4. The number of hydrogen-bond donors (Lipinski definition) is 1. The Morgan fingerprint density at radius 1 is 1.44 bits per heavy atom. The summed E-state index contributed by atoms with van der Waals surface area (Å²) in [7, 11) is 0. The minimum absolute atomic E-state index is 0.365. The first kappa shape index (κ1) is 8.61. The number of fused-ring (bicyclic) bond motifs is 1. The quantitative estimate of drug-likeness (QED) is 0.649. The third-order valence-corrected chi connectivity index (χ3v) is 2.28. The van der Waals surface area contributed by atoms with Crippen molar-refractivity contribution >= 4 is 11.0 Å². The highest BCUT2D eigenvalue weighted by Gasteiger charge is 2.12. The summed E-state index contributed by atoms with van der Waals surface area (Å²) in [6.45, 7) is 0. The van der Waals surface area contributed by atoms with Crippen LogP contribution in [0.2, 0.25) is 0 Å². The van der Waals surface area contributed by atoms with Gasteiger partial charge in [-0.25, -0.2) is 9.67 Å². The molecule has 0 atom stereocenters. The SMILES string of the molecule is N#Cc1nn(-c2cn[nH]c2)c2ncccc12. The maximum absolute atomic E-state index is 8.97. The summed E-state index contributed by atoms with van der Waals surface area (Å²) < 4.78 is 1.59. The highest BCUT2D eigenvalue weighted by Crippen LogP contribution is 2.18. The predicted octanol–water partition coefficient (Wildman–Crippen LogP) is 1.02. The van der Waals surface area contributed by atoms with Gasteiger partial charge in [-0.05, 0) is 12.1 Å². The van der Waals surface area contributed by atoms with Crippen LogP contribution in [0.3, 0.4) is 0 Å². The predicted molar refractivity (Wildman–Crippen MR) is 55.7 cm³/mol. The maximum Gasteiger partial charge on any atom is 0.172 e. The maximum atomic E-state index is 8.97. The average molecular weight is 210 g/mol.